The Kier molecular flexibility index (Phi) is 2.44. The number of ether oxygens (including phenoxy) is 1. The second-order valence-electron chi connectivity index (χ2n) is 2.30. The fourth-order valence-electron chi connectivity index (χ4n) is 0.994. The molecule has 11 heavy (non-hydrogen) atoms. The van der Waals surface area contributed by atoms with Crippen molar-refractivity contribution >= 4 is 5.97 Å². The van der Waals surface area contributed by atoms with E-state index in [1.54, 1.807) is 0 Å². The van der Waals surface area contributed by atoms with E-state index in [-0.39, 0.29) is 5.97 Å². The van der Waals surface area contributed by atoms with Crippen molar-refractivity contribution in [3.05, 3.63) is 23.3 Å². The van der Waals surface area contributed by atoms with E-state index in [0.29, 0.717) is 13.2 Å². The van der Waals surface area contributed by atoms with Crippen molar-refractivity contribution in [3.8, 4) is 0 Å². The number of rotatable bonds is 2. The third kappa shape index (κ3) is 1.68. The molecule has 0 saturated carbocycles. The summed E-state index contributed by atoms with van der Waals surface area (Å²) >= 11 is 0. The molecule has 2 N–H and O–H groups in total. The van der Waals surface area contributed by atoms with Crippen LogP contribution in [0.2, 0.25) is 0 Å². The number of esters is 1. The molecular formula is C8H11NO2. The molecule has 0 unspecified atom stereocenters. The molecular weight excluding hydrogens is 142 g/mol. The Balaban J connectivity index is 2.75. The highest BCUT2D eigenvalue weighted by molar-refractivity contribution is 5.86. The Labute approximate surface area is 65.5 Å². The van der Waals surface area contributed by atoms with Gasteiger partial charge in [0.05, 0.1) is 0 Å². The summed E-state index contributed by atoms with van der Waals surface area (Å²) < 4.78 is 4.72. The van der Waals surface area contributed by atoms with Gasteiger partial charge in [0.25, 0.3) is 0 Å². The molecule has 0 aromatic heterocycles. The van der Waals surface area contributed by atoms with E-state index >= 15 is 0 Å². The first-order valence-corrected chi connectivity index (χ1v) is 3.51. The quantitative estimate of drug-likeness (QED) is 0.583. The van der Waals surface area contributed by atoms with Gasteiger partial charge in [0.1, 0.15) is 6.61 Å². The van der Waals surface area contributed by atoms with E-state index in [1.807, 2.05) is 13.0 Å². The molecule has 60 valence electrons. The normalized spacial score (nSPS) is 18.2. The Morgan fingerprint density at radius 1 is 1.91 bits per heavy atom. The number of allylic oxidation sites excluding steroid dienone is 1. The average molecular weight is 153 g/mol. The maximum absolute atomic E-state index is 10.6. The molecule has 0 amide bonds. The Morgan fingerprint density at radius 3 is 3.00 bits per heavy atom. The summed E-state index contributed by atoms with van der Waals surface area (Å²) in [5.74, 6) is -0.271. The maximum Gasteiger partial charge on any atom is 0.331 e. The predicted molar refractivity (Wildman–Crippen MR) is 41.9 cm³/mol. The van der Waals surface area contributed by atoms with Gasteiger partial charge in [-0.1, -0.05) is 6.08 Å². The molecule has 0 atom stereocenters. The van der Waals surface area contributed by atoms with Crippen molar-refractivity contribution in [1.82, 2.24) is 0 Å². The highest BCUT2D eigenvalue weighted by Gasteiger charge is 2.14. The van der Waals surface area contributed by atoms with Gasteiger partial charge in [-0.3, -0.25) is 0 Å². The van der Waals surface area contributed by atoms with Crippen LogP contribution in [-0.2, 0) is 9.53 Å². The molecule has 3 nitrogen and oxygen atoms in total. The number of hydrogen-bond acceptors (Lipinski definition) is 3. The smallest absolute Gasteiger partial charge is 0.331 e. The number of nitrogens with two attached hydrogens (primary N) is 1. The van der Waals surface area contributed by atoms with Crippen LogP contribution in [0.3, 0.4) is 0 Å². The Hall–Kier alpha value is -1.09. The van der Waals surface area contributed by atoms with Gasteiger partial charge in [0, 0.05) is 18.2 Å². The topological polar surface area (TPSA) is 52.3 Å². The third-order valence-electron chi connectivity index (χ3n) is 1.64. The molecule has 0 radical (unpaired) electrons. The number of carbonyl (C=O) groups excluding carboxylic acids is 1. The number of cyclic esters (lactones) is 1. The first-order chi connectivity index (χ1) is 5.27. The summed E-state index contributed by atoms with van der Waals surface area (Å²) in [5, 5.41) is 0. The molecule has 1 aliphatic rings. The van der Waals surface area contributed by atoms with Gasteiger partial charge < -0.3 is 10.5 Å². The lowest BCUT2D eigenvalue weighted by atomic mass is 10.1. The van der Waals surface area contributed by atoms with Crippen LogP contribution in [-0.4, -0.2) is 19.1 Å². The zero-order chi connectivity index (χ0) is 8.27. The molecule has 0 saturated heterocycles. The summed E-state index contributed by atoms with van der Waals surface area (Å²) in [6.07, 6.45) is 3.38. The van der Waals surface area contributed by atoms with E-state index in [9.17, 15) is 4.79 Å². The van der Waals surface area contributed by atoms with Gasteiger partial charge in [-0.2, -0.15) is 0 Å². The van der Waals surface area contributed by atoms with Crippen molar-refractivity contribution in [3.63, 3.8) is 0 Å². The molecule has 0 bridgehead atoms. The fraction of sp³-hybridized carbons (Fsp3) is 0.375. The van der Waals surface area contributed by atoms with Gasteiger partial charge in [-0.25, -0.2) is 4.79 Å². The second-order valence-corrected chi connectivity index (χ2v) is 2.30. The monoisotopic (exact) mass is 153 g/mol. The molecule has 0 fully saturated rings. The van der Waals surface area contributed by atoms with Crippen LogP contribution in [0.25, 0.3) is 0 Å². The maximum atomic E-state index is 10.6. The van der Waals surface area contributed by atoms with Gasteiger partial charge in [-0.15, -0.1) is 0 Å². The lowest BCUT2D eigenvalue weighted by Gasteiger charge is -2.01. The third-order valence-corrected chi connectivity index (χ3v) is 1.64. The molecule has 0 spiro atoms. The van der Waals surface area contributed by atoms with E-state index in [4.69, 9.17) is 10.5 Å². The Bertz CT molecular complexity index is 228. The minimum Gasteiger partial charge on any atom is -0.458 e. The minimum absolute atomic E-state index is 0.271. The van der Waals surface area contributed by atoms with Gasteiger partial charge >= 0.3 is 5.97 Å². The van der Waals surface area contributed by atoms with Crippen molar-refractivity contribution in [2.75, 3.05) is 13.2 Å². The van der Waals surface area contributed by atoms with Crippen LogP contribution in [0.5, 0.6) is 0 Å². The van der Waals surface area contributed by atoms with Crippen LogP contribution in [0, 0.1) is 0 Å². The molecule has 3 heteroatoms. The fourth-order valence-corrected chi connectivity index (χ4v) is 0.994. The van der Waals surface area contributed by atoms with E-state index in [0.717, 1.165) is 11.1 Å². The lowest BCUT2D eigenvalue weighted by molar-refractivity contribution is -0.134. The van der Waals surface area contributed by atoms with E-state index in [1.165, 1.54) is 6.08 Å². The van der Waals surface area contributed by atoms with Gasteiger partial charge in [0.15, 0.2) is 0 Å². The zero-order valence-electron chi connectivity index (χ0n) is 6.46. The minimum atomic E-state index is -0.271. The summed E-state index contributed by atoms with van der Waals surface area (Å²) in [7, 11) is 0. The van der Waals surface area contributed by atoms with Crippen molar-refractivity contribution in [2.24, 2.45) is 5.73 Å². The second kappa shape index (κ2) is 3.34. The SMILES string of the molecule is C/C=C(\CN)C1=CC(=O)OC1. The van der Waals surface area contributed by atoms with E-state index in [2.05, 4.69) is 0 Å². The summed E-state index contributed by atoms with van der Waals surface area (Å²) in [5.41, 5.74) is 7.32. The standard InChI is InChI=1S/C8H11NO2/c1-2-6(4-9)7-3-8(10)11-5-7/h2-3H,4-5,9H2,1H3/b6-2+. The van der Waals surface area contributed by atoms with Crippen LogP contribution >= 0.6 is 0 Å². The molecule has 0 aromatic rings. The van der Waals surface area contributed by atoms with Crippen molar-refractivity contribution in [1.29, 1.82) is 0 Å². The van der Waals surface area contributed by atoms with Crippen LogP contribution in [0.4, 0.5) is 0 Å². The summed E-state index contributed by atoms with van der Waals surface area (Å²) in [4.78, 5) is 10.6. The Morgan fingerprint density at radius 2 is 2.64 bits per heavy atom. The lowest BCUT2D eigenvalue weighted by Crippen LogP contribution is -2.06. The zero-order valence-corrected chi connectivity index (χ0v) is 6.46. The highest BCUT2D eigenvalue weighted by atomic mass is 16.5. The molecule has 0 aliphatic carbocycles. The van der Waals surface area contributed by atoms with Gasteiger partial charge in [0.2, 0.25) is 0 Å². The molecule has 0 aromatic carbocycles. The van der Waals surface area contributed by atoms with Crippen molar-refractivity contribution in [2.45, 2.75) is 6.92 Å². The number of hydrogen-bond donors (Lipinski definition) is 1. The van der Waals surface area contributed by atoms with Gasteiger partial charge in [-0.05, 0) is 12.5 Å². The van der Waals surface area contributed by atoms with Crippen molar-refractivity contribution < 1.29 is 9.53 Å². The highest BCUT2D eigenvalue weighted by Crippen LogP contribution is 2.14. The number of carbonyl (C=O) groups is 1. The average Bonchev–Trinajstić information content (AvgIpc) is 2.39. The predicted octanol–water partition coefficient (Wildman–Crippen LogP) is 0.375. The molecule has 1 rings (SSSR count). The largest absolute Gasteiger partial charge is 0.458 e. The van der Waals surface area contributed by atoms with Crippen LogP contribution in [0.1, 0.15) is 6.92 Å². The summed E-state index contributed by atoms with van der Waals surface area (Å²) in [6.45, 7) is 2.72. The first-order valence-electron chi connectivity index (χ1n) is 3.51. The van der Waals surface area contributed by atoms with E-state index < -0.39 is 0 Å². The van der Waals surface area contributed by atoms with Crippen LogP contribution < -0.4 is 5.73 Å². The first kappa shape index (κ1) is 8.01. The molecule has 1 heterocycles. The summed E-state index contributed by atoms with van der Waals surface area (Å²) in [6, 6.07) is 0. The molecule has 1 aliphatic heterocycles. The van der Waals surface area contributed by atoms with Crippen LogP contribution in [0.15, 0.2) is 23.3 Å².